The number of benzene rings is 2. The summed E-state index contributed by atoms with van der Waals surface area (Å²) in [6.45, 7) is 2.73. The fourth-order valence-electron chi connectivity index (χ4n) is 3.26. The van der Waals surface area contributed by atoms with Gasteiger partial charge in [-0.05, 0) is 24.3 Å². The molecule has 1 aromatic heterocycles. The number of nitrogens with zero attached hydrogens (tertiary/aromatic N) is 4. The molecule has 1 saturated heterocycles. The Morgan fingerprint density at radius 3 is 2.32 bits per heavy atom. The van der Waals surface area contributed by atoms with Crippen LogP contribution in [0.15, 0.2) is 60.8 Å². The van der Waals surface area contributed by atoms with E-state index in [1.54, 1.807) is 4.90 Å². The monoisotopic (exact) mass is 375 g/mol. The van der Waals surface area contributed by atoms with Gasteiger partial charge in [0.25, 0.3) is 5.91 Å². The van der Waals surface area contributed by atoms with E-state index in [0.717, 1.165) is 11.2 Å². The Labute approximate surface area is 163 Å². The highest BCUT2D eigenvalue weighted by Gasteiger charge is 2.24. The predicted octanol–water partition coefficient (Wildman–Crippen LogP) is 2.03. The molecule has 0 bridgehead atoms. The number of carbonyl (C=O) groups excluding carboxylic acids is 2. The van der Waals surface area contributed by atoms with Crippen molar-refractivity contribution in [2.75, 3.05) is 38.0 Å². The predicted molar refractivity (Wildman–Crippen MR) is 107 cm³/mol. The number of rotatable bonds is 4. The molecule has 0 unspecified atom stereocenters. The van der Waals surface area contributed by atoms with Gasteiger partial charge < -0.3 is 10.2 Å². The third-order valence-electron chi connectivity index (χ3n) is 4.75. The van der Waals surface area contributed by atoms with E-state index >= 15 is 0 Å². The van der Waals surface area contributed by atoms with Crippen LogP contribution in [0.2, 0.25) is 0 Å². The van der Waals surface area contributed by atoms with E-state index < -0.39 is 0 Å². The second kappa shape index (κ2) is 8.14. The lowest BCUT2D eigenvalue weighted by molar-refractivity contribution is -0.117. The minimum Gasteiger partial charge on any atom is -0.335 e. The number of hydrogen-bond acceptors (Lipinski definition) is 5. The number of piperazine rings is 1. The van der Waals surface area contributed by atoms with Gasteiger partial charge >= 0.3 is 0 Å². The molecule has 0 spiro atoms. The van der Waals surface area contributed by atoms with Crippen LogP contribution < -0.4 is 5.32 Å². The summed E-state index contributed by atoms with van der Waals surface area (Å²) in [5.41, 5.74) is 2.63. The molecule has 0 atom stereocenters. The first-order valence-corrected chi connectivity index (χ1v) is 9.27. The normalized spacial score (nSPS) is 14.8. The van der Waals surface area contributed by atoms with E-state index in [2.05, 4.69) is 15.3 Å². The summed E-state index contributed by atoms with van der Waals surface area (Å²) in [5.74, 6) is -0.169. The van der Waals surface area contributed by atoms with Crippen LogP contribution in [0.5, 0.6) is 0 Å². The van der Waals surface area contributed by atoms with E-state index in [9.17, 15) is 9.59 Å². The molecular formula is C21H21N5O2. The number of hydrogen-bond donors (Lipinski definition) is 1. The zero-order valence-electron chi connectivity index (χ0n) is 15.4. The molecular weight excluding hydrogens is 354 g/mol. The average molecular weight is 375 g/mol. The van der Waals surface area contributed by atoms with Crippen molar-refractivity contribution in [3.63, 3.8) is 0 Å². The standard InChI is InChI=1S/C21H21N5O2/c27-20(23-16-6-2-1-3-7-16)15-25-10-12-26(13-11-25)21(28)19-14-22-17-8-4-5-9-18(17)24-19/h1-9,14H,10-13,15H2,(H,23,27). The Hall–Kier alpha value is -3.32. The summed E-state index contributed by atoms with van der Waals surface area (Å²) in [6, 6.07) is 16.9. The fourth-order valence-corrected chi connectivity index (χ4v) is 3.26. The number of nitrogens with one attached hydrogen (secondary N) is 1. The van der Waals surface area contributed by atoms with Crippen LogP contribution in [-0.4, -0.2) is 64.3 Å². The first-order valence-electron chi connectivity index (χ1n) is 9.27. The Morgan fingerprint density at radius 2 is 1.57 bits per heavy atom. The quantitative estimate of drug-likeness (QED) is 0.755. The van der Waals surface area contributed by atoms with Crippen LogP contribution >= 0.6 is 0 Å². The summed E-state index contributed by atoms with van der Waals surface area (Å²) < 4.78 is 0. The zero-order chi connectivity index (χ0) is 19.3. The summed E-state index contributed by atoms with van der Waals surface area (Å²) >= 11 is 0. The van der Waals surface area contributed by atoms with E-state index in [1.165, 1.54) is 6.20 Å². The second-order valence-electron chi connectivity index (χ2n) is 6.73. The molecule has 1 fully saturated rings. The highest BCUT2D eigenvalue weighted by Crippen LogP contribution is 2.12. The molecule has 28 heavy (non-hydrogen) atoms. The van der Waals surface area contributed by atoms with Gasteiger partial charge in [-0.2, -0.15) is 0 Å². The highest BCUT2D eigenvalue weighted by molar-refractivity contribution is 5.94. The smallest absolute Gasteiger partial charge is 0.274 e. The van der Waals surface area contributed by atoms with Crippen molar-refractivity contribution < 1.29 is 9.59 Å². The first-order chi connectivity index (χ1) is 13.7. The van der Waals surface area contributed by atoms with Crippen LogP contribution in [-0.2, 0) is 4.79 Å². The van der Waals surface area contributed by atoms with E-state index in [4.69, 9.17) is 0 Å². The van der Waals surface area contributed by atoms with Gasteiger partial charge in [-0.15, -0.1) is 0 Å². The number of amides is 2. The molecule has 1 N–H and O–H groups in total. The molecule has 7 heteroatoms. The lowest BCUT2D eigenvalue weighted by atomic mass is 10.2. The molecule has 0 aliphatic carbocycles. The molecule has 2 amide bonds. The van der Waals surface area contributed by atoms with Gasteiger partial charge in [-0.25, -0.2) is 4.98 Å². The van der Waals surface area contributed by atoms with E-state index in [1.807, 2.05) is 59.5 Å². The highest BCUT2D eigenvalue weighted by atomic mass is 16.2. The molecule has 2 aromatic carbocycles. The molecule has 4 rings (SSSR count). The molecule has 1 aliphatic heterocycles. The van der Waals surface area contributed by atoms with Gasteiger partial charge in [0.1, 0.15) is 5.69 Å². The molecule has 0 radical (unpaired) electrons. The molecule has 2 heterocycles. The van der Waals surface area contributed by atoms with Gasteiger partial charge in [-0.1, -0.05) is 30.3 Å². The van der Waals surface area contributed by atoms with Gasteiger partial charge in [0.05, 0.1) is 23.8 Å². The maximum atomic E-state index is 12.7. The zero-order valence-corrected chi connectivity index (χ0v) is 15.4. The molecule has 3 aromatic rings. The number of aromatic nitrogens is 2. The van der Waals surface area contributed by atoms with Crippen molar-refractivity contribution in [3.05, 3.63) is 66.5 Å². The Balaban J connectivity index is 1.31. The number of anilines is 1. The maximum Gasteiger partial charge on any atom is 0.274 e. The minimum absolute atomic E-state index is 0.0497. The summed E-state index contributed by atoms with van der Waals surface area (Å²) in [7, 11) is 0. The van der Waals surface area contributed by atoms with Crippen LogP contribution in [0.1, 0.15) is 10.5 Å². The molecule has 7 nitrogen and oxygen atoms in total. The number of fused-ring (bicyclic) bond motifs is 1. The van der Waals surface area contributed by atoms with E-state index in [-0.39, 0.29) is 11.8 Å². The van der Waals surface area contributed by atoms with Crippen LogP contribution in [0, 0.1) is 0 Å². The van der Waals surface area contributed by atoms with Crippen LogP contribution in [0.25, 0.3) is 11.0 Å². The van der Waals surface area contributed by atoms with Gasteiger partial charge in [-0.3, -0.25) is 19.5 Å². The topological polar surface area (TPSA) is 78.4 Å². The van der Waals surface area contributed by atoms with Crippen molar-refractivity contribution >= 4 is 28.5 Å². The van der Waals surface area contributed by atoms with Crippen molar-refractivity contribution in [2.45, 2.75) is 0 Å². The van der Waals surface area contributed by atoms with Gasteiger partial charge in [0.15, 0.2) is 0 Å². The largest absolute Gasteiger partial charge is 0.335 e. The minimum atomic E-state index is -0.119. The van der Waals surface area contributed by atoms with E-state index in [0.29, 0.717) is 43.9 Å². The van der Waals surface area contributed by atoms with Crippen molar-refractivity contribution in [1.82, 2.24) is 19.8 Å². The fraction of sp³-hybridized carbons (Fsp3) is 0.238. The summed E-state index contributed by atoms with van der Waals surface area (Å²) in [4.78, 5) is 37.5. The Morgan fingerprint density at radius 1 is 0.893 bits per heavy atom. The number of carbonyl (C=O) groups is 2. The average Bonchev–Trinajstić information content (AvgIpc) is 2.74. The Kier molecular flexibility index (Phi) is 5.25. The van der Waals surface area contributed by atoms with Gasteiger partial charge in [0, 0.05) is 31.9 Å². The van der Waals surface area contributed by atoms with Crippen molar-refractivity contribution in [1.29, 1.82) is 0 Å². The molecule has 142 valence electrons. The van der Waals surface area contributed by atoms with Gasteiger partial charge in [0.2, 0.25) is 5.91 Å². The lowest BCUT2D eigenvalue weighted by Gasteiger charge is -2.34. The Bertz CT molecular complexity index is 984. The maximum absolute atomic E-state index is 12.7. The van der Waals surface area contributed by atoms with Crippen LogP contribution in [0.4, 0.5) is 5.69 Å². The molecule has 1 aliphatic rings. The van der Waals surface area contributed by atoms with Crippen molar-refractivity contribution in [2.24, 2.45) is 0 Å². The molecule has 0 saturated carbocycles. The lowest BCUT2D eigenvalue weighted by Crippen LogP contribution is -2.50. The summed E-state index contributed by atoms with van der Waals surface area (Å²) in [5, 5.41) is 2.89. The summed E-state index contributed by atoms with van der Waals surface area (Å²) in [6.07, 6.45) is 1.53. The first kappa shape index (κ1) is 18.1. The second-order valence-corrected chi connectivity index (χ2v) is 6.73. The third-order valence-corrected chi connectivity index (χ3v) is 4.75. The number of para-hydroxylation sites is 3. The third kappa shape index (κ3) is 4.15. The SMILES string of the molecule is O=C(CN1CCN(C(=O)c2cnc3ccccc3n2)CC1)Nc1ccccc1. The van der Waals surface area contributed by atoms with Crippen molar-refractivity contribution in [3.8, 4) is 0 Å². The van der Waals surface area contributed by atoms with Crippen LogP contribution in [0.3, 0.4) is 0 Å².